The van der Waals surface area contributed by atoms with Gasteiger partial charge in [-0.3, -0.25) is 9.78 Å². The Morgan fingerprint density at radius 1 is 1.02 bits per heavy atom. The van der Waals surface area contributed by atoms with E-state index in [1.165, 1.54) is 18.2 Å². The SMILES string of the molecule is CC(C)(C)c1cccc(C(O)C(O)[C@@]2(O)C3CC[C@H]2CC(S(=O)(=O)c2cc(C(=O)Nc4ccc(F)c(F)c4)ccc2Cl)C3)n1. The summed E-state index contributed by atoms with van der Waals surface area (Å²) in [5.41, 5.74) is -1.18. The summed E-state index contributed by atoms with van der Waals surface area (Å²) < 4.78 is 54.7. The van der Waals surface area contributed by atoms with Crippen molar-refractivity contribution in [2.45, 2.75) is 79.8 Å². The smallest absolute Gasteiger partial charge is 0.255 e. The minimum Gasteiger partial charge on any atom is -0.387 e. The number of aliphatic hydroxyl groups excluding tert-OH is 2. The van der Waals surface area contributed by atoms with E-state index in [1.54, 1.807) is 12.1 Å². The molecule has 2 bridgehead atoms. The van der Waals surface area contributed by atoms with E-state index >= 15 is 0 Å². The molecule has 12 heteroatoms. The van der Waals surface area contributed by atoms with Crippen LogP contribution in [0.2, 0.25) is 5.02 Å². The second kappa shape index (κ2) is 11.8. The number of carbonyl (C=O) groups is 1. The van der Waals surface area contributed by atoms with Crippen molar-refractivity contribution in [2.75, 3.05) is 5.32 Å². The second-order valence-electron chi connectivity index (χ2n) is 12.8. The van der Waals surface area contributed by atoms with Gasteiger partial charge in [0.1, 0.15) is 12.2 Å². The molecule has 8 nitrogen and oxygen atoms in total. The molecule has 0 radical (unpaired) electrons. The highest BCUT2D eigenvalue weighted by Gasteiger charge is 2.60. The van der Waals surface area contributed by atoms with Gasteiger partial charge in [-0.1, -0.05) is 38.4 Å². The van der Waals surface area contributed by atoms with Gasteiger partial charge in [-0.2, -0.15) is 0 Å². The average Bonchev–Trinajstić information content (AvgIpc) is 3.13. The van der Waals surface area contributed by atoms with E-state index in [4.69, 9.17) is 11.6 Å². The first kappa shape index (κ1) is 32.4. The zero-order valence-corrected chi connectivity index (χ0v) is 26.0. The van der Waals surface area contributed by atoms with E-state index in [0.717, 1.165) is 18.2 Å². The van der Waals surface area contributed by atoms with Crippen molar-refractivity contribution >= 4 is 33.0 Å². The van der Waals surface area contributed by atoms with Gasteiger partial charge < -0.3 is 20.6 Å². The van der Waals surface area contributed by atoms with Gasteiger partial charge in [0, 0.05) is 28.4 Å². The fourth-order valence-corrected chi connectivity index (χ4v) is 8.95. The number of aliphatic hydroxyl groups is 3. The minimum atomic E-state index is -4.12. The summed E-state index contributed by atoms with van der Waals surface area (Å²) in [5, 5.41) is 35.7. The highest BCUT2D eigenvalue weighted by atomic mass is 35.5. The predicted octanol–water partition coefficient (Wildman–Crippen LogP) is 5.35. The highest BCUT2D eigenvalue weighted by molar-refractivity contribution is 7.92. The number of hydrogen-bond acceptors (Lipinski definition) is 7. The molecule has 44 heavy (non-hydrogen) atoms. The normalized spacial score (nSPS) is 25.0. The number of halogens is 3. The number of anilines is 1. The molecular weight excluding hydrogens is 614 g/mol. The molecule has 0 aliphatic heterocycles. The molecule has 236 valence electrons. The third-order valence-electron chi connectivity index (χ3n) is 9.00. The average molecular weight is 649 g/mol. The van der Waals surface area contributed by atoms with Crippen LogP contribution >= 0.6 is 11.6 Å². The van der Waals surface area contributed by atoms with Gasteiger partial charge in [0.2, 0.25) is 0 Å². The number of pyridine rings is 1. The van der Waals surface area contributed by atoms with Crippen LogP contribution < -0.4 is 5.32 Å². The van der Waals surface area contributed by atoms with Gasteiger partial charge in [0.25, 0.3) is 5.91 Å². The number of fused-ring (bicyclic) bond motifs is 2. The first-order valence-electron chi connectivity index (χ1n) is 14.4. The summed E-state index contributed by atoms with van der Waals surface area (Å²) in [7, 11) is -4.12. The van der Waals surface area contributed by atoms with Crippen LogP contribution in [0, 0.1) is 23.5 Å². The van der Waals surface area contributed by atoms with Crippen molar-refractivity contribution in [1.29, 1.82) is 0 Å². The van der Waals surface area contributed by atoms with Crippen LogP contribution in [0.3, 0.4) is 0 Å². The van der Waals surface area contributed by atoms with Gasteiger partial charge in [0.15, 0.2) is 21.5 Å². The molecule has 1 amide bonds. The van der Waals surface area contributed by atoms with Crippen molar-refractivity contribution in [2.24, 2.45) is 11.8 Å². The van der Waals surface area contributed by atoms with Crippen molar-refractivity contribution in [3.8, 4) is 0 Å². The molecule has 0 spiro atoms. The first-order chi connectivity index (χ1) is 20.5. The van der Waals surface area contributed by atoms with Crippen LogP contribution in [0.1, 0.15) is 74.3 Å². The lowest BCUT2D eigenvalue weighted by Crippen LogP contribution is -2.57. The third kappa shape index (κ3) is 5.88. The molecule has 0 saturated heterocycles. The number of sulfone groups is 1. The Kier molecular flexibility index (Phi) is 8.67. The molecule has 3 aromatic rings. The highest BCUT2D eigenvalue weighted by Crippen LogP contribution is 2.55. The van der Waals surface area contributed by atoms with Crippen molar-refractivity contribution in [3.63, 3.8) is 0 Å². The third-order valence-corrected chi connectivity index (χ3v) is 11.7. The largest absolute Gasteiger partial charge is 0.387 e. The van der Waals surface area contributed by atoms with E-state index < -0.39 is 62.3 Å². The van der Waals surface area contributed by atoms with Crippen molar-refractivity contribution < 1.29 is 37.3 Å². The molecule has 2 saturated carbocycles. The van der Waals surface area contributed by atoms with Crippen molar-refractivity contribution in [3.05, 3.63) is 88.2 Å². The number of nitrogens with one attached hydrogen (secondary N) is 1. The van der Waals surface area contributed by atoms with Gasteiger partial charge in [-0.15, -0.1) is 0 Å². The number of amides is 1. The summed E-state index contributed by atoms with van der Waals surface area (Å²) in [6.07, 6.45) is -2.16. The molecule has 2 aromatic carbocycles. The Hall–Kier alpha value is -2.96. The van der Waals surface area contributed by atoms with E-state index in [9.17, 15) is 37.3 Å². The quantitative estimate of drug-likeness (QED) is 0.271. The van der Waals surface area contributed by atoms with Gasteiger partial charge >= 0.3 is 0 Å². The molecular formula is C32H35ClF2N2O6S. The first-order valence-corrected chi connectivity index (χ1v) is 16.3. The molecule has 2 aliphatic carbocycles. The molecule has 4 unspecified atom stereocenters. The lowest BCUT2D eigenvalue weighted by molar-refractivity contribution is -0.178. The fourth-order valence-electron chi connectivity index (χ4n) is 6.55. The number of rotatable bonds is 7. The van der Waals surface area contributed by atoms with Crippen LogP contribution in [-0.2, 0) is 15.3 Å². The lowest BCUT2D eigenvalue weighted by atomic mass is 9.69. The monoisotopic (exact) mass is 648 g/mol. The van der Waals surface area contributed by atoms with E-state index in [1.807, 2.05) is 26.8 Å². The minimum absolute atomic E-state index is 0.0101. The molecule has 1 heterocycles. The Morgan fingerprint density at radius 2 is 1.68 bits per heavy atom. The topological polar surface area (TPSA) is 137 Å². The lowest BCUT2D eigenvalue weighted by Gasteiger charge is -2.46. The van der Waals surface area contributed by atoms with Crippen LogP contribution in [-0.4, -0.2) is 51.6 Å². The Morgan fingerprint density at radius 3 is 2.30 bits per heavy atom. The molecule has 5 rings (SSSR count). The summed E-state index contributed by atoms with van der Waals surface area (Å²) in [6, 6.07) is 11.7. The number of carbonyl (C=O) groups excluding carboxylic acids is 1. The maximum absolute atomic E-state index is 13.9. The molecule has 4 N–H and O–H groups in total. The number of hydrogen-bond donors (Lipinski definition) is 4. The summed E-state index contributed by atoms with van der Waals surface area (Å²) in [6.45, 7) is 5.91. The van der Waals surface area contributed by atoms with Crippen LogP contribution in [0.15, 0.2) is 59.5 Å². The zero-order valence-electron chi connectivity index (χ0n) is 24.5. The molecule has 2 fully saturated rings. The zero-order chi connectivity index (χ0) is 32.2. The summed E-state index contributed by atoms with van der Waals surface area (Å²) >= 11 is 6.32. The van der Waals surface area contributed by atoms with E-state index in [2.05, 4.69) is 10.3 Å². The second-order valence-corrected chi connectivity index (χ2v) is 15.4. The molecule has 1 aromatic heterocycles. The maximum atomic E-state index is 13.9. The Labute approximate surface area is 260 Å². The molecule has 6 atom stereocenters. The van der Waals surface area contributed by atoms with Gasteiger partial charge in [0.05, 0.1) is 26.5 Å². The fraction of sp³-hybridized carbons (Fsp3) is 0.438. The standard InChI is InChI=1S/C32H35ClF2N2O6S/c1-31(2,3)27-6-4-5-25(37-27)28(38)29(39)32(41)18-8-9-19(32)15-21(14-18)44(42,43)26-13-17(7-11-22(26)33)30(40)36-20-10-12-23(34)24(35)16-20/h4-7,10-13,16,18-19,21,28-29,38-39,41H,8-9,14-15H2,1-3H3,(H,36,40)/t18-,19?,21?,28?,29?,32-/m0/s1. The van der Waals surface area contributed by atoms with Crippen molar-refractivity contribution in [1.82, 2.24) is 4.98 Å². The van der Waals surface area contributed by atoms with E-state index in [-0.39, 0.29) is 45.1 Å². The van der Waals surface area contributed by atoms with E-state index in [0.29, 0.717) is 18.5 Å². The summed E-state index contributed by atoms with van der Waals surface area (Å²) in [4.78, 5) is 17.1. The number of benzene rings is 2. The molecule has 2 aliphatic rings. The van der Waals surface area contributed by atoms with Gasteiger partial charge in [-0.05, 0) is 80.0 Å². The Bertz CT molecular complexity index is 1680. The maximum Gasteiger partial charge on any atom is 0.255 e. The predicted molar refractivity (Wildman–Crippen MR) is 161 cm³/mol. The number of nitrogens with zero attached hydrogens (tertiary/aromatic N) is 1. The van der Waals surface area contributed by atoms with Gasteiger partial charge in [-0.25, -0.2) is 17.2 Å². The van der Waals surface area contributed by atoms with Crippen LogP contribution in [0.4, 0.5) is 14.5 Å². The summed E-state index contributed by atoms with van der Waals surface area (Å²) in [5.74, 6) is -4.24. The number of aromatic nitrogens is 1. The Balaban J connectivity index is 1.36. The van der Waals surface area contributed by atoms with Crippen LogP contribution in [0.25, 0.3) is 0 Å². The van der Waals surface area contributed by atoms with Crippen LogP contribution in [0.5, 0.6) is 0 Å².